The Morgan fingerprint density at radius 3 is 2.76 bits per heavy atom. The summed E-state index contributed by atoms with van der Waals surface area (Å²) in [6.45, 7) is 3.75. The summed E-state index contributed by atoms with van der Waals surface area (Å²) in [6, 6.07) is 13.4. The minimum Gasteiger partial charge on any atom is -0.485 e. The van der Waals surface area contributed by atoms with Crippen LogP contribution in [-0.4, -0.2) is 47.1 Å². The van der Waals surface area contributed by atoms with Crippen LogP contribution in [0.4, 0.5) is 0 Å². The third kappa shape index (κ3) is 4.97. The number of carbonyl (C=O) groups is 1. The van der Waals surface area contributed by atoms with E-state index in [2.05, 4.69) is 15.0 Å². The third-order valence-electron chi connectivity index (χ3n) is 6.27. The largest absolute Gasteiger partial charge is 0.485 e. The van der Waals surface area contributed by atoms with E-state index in [1.807, 2.05) is 30.3 Å². The monoisotopic (exact) mass is 560 g/mol. The van der Waals surface area contributed by atoms with Crippen LogP contribution in [0, 0.1) is 0 Å². The molecule has 0 saturated heterocycles. The number of aliphatic hydroxyl groups is 1. The molecule has 0 aliphatic carbocycles. The minimum absolute atomic E-state index is 0.174. The molecular weight excluding hydrogens is 536 g/mol. The molecule has 0 saturated carbocycles. The number of benzene rings is 2. The molecule has 2 atom stereocenters. The van der Waals surface area contributed by atoms with Gasteiger partial charge in [-0.25, -0.2) is 13.4 Å². The molecule has 4 aromatic rings. The maximum absolute atomic E-state index is 13.5. The summed E-state index contributed by atoms with van der Waals surface area (Å²) in [7, 11) is -4.24. The van der Waals surface area contributed by atoms with E-state index in [1.165, 1.54) is 21.8 Å². The summed E-state index contributed by atoms with van der Waals surface area (Å²) in [6.07, 6.45) is 0.957. The summed E-state index contributed by atoms with van der Waals surface area (Å²) in [5, 5.41) is 15.3. The van der Waals surface area contributed by atoms with Crippen molar-refractivity contribution in [3.63, 3.8) is 0 Å². The molecule has 1 aliphatic rings. The number of imidazole rings is 1. The van der Waals surface area contributed by atoms with Crippen molar-refractivity contribution in [2.24, 2.45) is 0 Å². The normalized spacial score (nSPS) is 18.8. The Morgan fingerprint density at radius 1 is 1.24 bits per heavy atom. The van der Waals surface area contributed by atoms with E-state index in [9.17, 15) is 18.3 Å². The zero-order chi connectivity index (χ0) is 26.4. The van der Waals surface area contributed by atoms with Crippen molar-refractivity contribution in [3.8, 4) is 5.75 Å². The zero-order valence-electron chi connectivity index (χ0n) is 20.0. The number of aromatic nitrogens is 2. The van der Waals surface area contributed by atoms with E-state index < -0.39 is 27.8 Å². The topological polar surface area (TPSA) is 122 Å². The first-order valence-corrected chi connectivity index (χ1v) is 14.3. The lowest BCUT2D eigenvalue weighted by atomic mass is 9.86. The lowest BCUT2D eigenvalue weighted by molar-refractivity contribution is -0.0603. The van der Waals surface area contributed by atoms with Gasteiger partial charge in [0, 0.05) is 29.2 Å². The number of ether oxygens (including phenoxy) is 1. The van der Waals surface area contributed by atoms with E-state index in [1.54, 1.807) is 37.6 Å². The Morgan fingerprint density at radius 2 is 2.00 bits per heavy atom. The molecule has 12 heteroatoms. The molecule has 37 heavy (non-hydrogen) atoms. The summed E-state index contributed by atoms with van der Waals surface area (Å²) in [5.74, 6) is 0.0439. The van der Waals surface area contributed by atoms with E-state index in [0.29, 0.717) is 34.8 Å². The molecule has 194 valence electrons. The van der Waals surface area contributed by atoms with Crippen molar-refractivity contribution < 1.29 is 23.1 Å². The van der Waals surface area contributed by atoms with Gasteiger partial charge in [0.1, 0.15) is 17.5 Å². The van der Waals surface area contributed by atoms with Gasteiger partial charge in [-0.3, -0.25) is 9.20 Å². The second kappa shape index (κ2) is 9.73. The number of amides is 1. The lowest BCUT2D eigenvalue weighted by Gasteiger charge is -2.42. The number of aliphatic hydroxyl groups excluding tert-OH is 1. The van der Waals surface area contributed by atoms with Crippen LogP contribution >= 0.6 is 22.9 Å². The van der Waals surface area contributed by atoms with Gasteiger partial charge in [0.2, 0.25) is 0 Å². The number of fused-ring (bicyclic) bond motifs is 2. The summed E-state index contributed by atoms with van der Waals surface area (Å²) in [4.78, 5) is 17.4. The predicted molar refractivity (Wildman–Crippen MR) is 141 cm³/mol. The molecule has 0 fully saturated rings. The maximum atomic E-state index is 13.5. The first kappa shape index (κ1) is 25.7. The predicted octanol–water partition coefficient (Wildman–Crippen LogP) is 3.57. The van der Waals surface area contributed by atoms with Crippen LogP contribution in [0.25, 0.3) is 4.96 Å². The number of hydrogen-bond donors (Lipinski definition) is 3. The Balaban J connectivity index is 1.43. The highest BCUT2D eigenvalue weighted by molar-refractivity contribution is 7.89. The highest BCUT2D eigenvalue weighted by atomic mass is 35.5. The highest BCUT2D eigenvalue weighted by Crippen LogP contribution is 2.41. The number of carbonyl (C=O) groups excluding carboxylic acids is 1. The highest BCUT2D eigenvalue weighted by Gasteiger charge is 2.45. The van der Waals surface area contributed by atoms with Crippen LogP contribution in [0.3, 0.4) is 0 Å². The fraction of sp³-hybridized carbons (Fsp3) is 0.280. The van der Waals surface area contributed by atoms with Crippen LogP contribution in [0.1, 0.15) is 41.4 Å². The second-order valence-corrected chi connectivity index (χ2v) is 12.1. The molecule has 3 heterocycles. The van der Waals surface area contributed by atoms with Crippen LogP contribution < -0.4 is 14.8 Å². The van der Waals surface area contributed by atoms with Gasteiger partial charge in [-0.2, -0.15) is 4.72 Å². The molecular formula is C25H25ClN4O5S2. The number of rotatable bonds is 7. The molecule has 1 aliphatic heterocycles. The van der Waals surface area contributed by atoms with Gasteiger partial charge in [0.25, 0.3) is 15.9 Å². The first-order chi connectivity index (χ1) is 17.6. The van der Waals surface area contributed by atoms with E-state index in [0.717, 1.165) is 5.56 Å². The molecule has 2 aromatic heterocycles. The summed E-state index contributed by atoms with van der Waals surface area (Å²) >= 11 is 7.42. The van der Waals surface area contributed by atoms with E-state index in [4.69, 9.17) is 16.3 Å². The Kier molecular flexibility index (Phi) is 6.75. The maximum Gasteiger partial charge on any atom is 0.260 e. The summed E-state index contributed by atoms with van der Waals surface area (Å²) in [5.41, 5.74) is 0.639. The molecule has 0 bridgehead atoms. The average molecular weight is 561 g/mol. The second-order valence-electron chi connectivity index (χ2n) is 9.26. The van der Waals surface area contributed by atoms with Crippen molar-refractivity contribution in [3.05, 3.63) is 82.0 Å². The fourth-order valence-corrected chi connectivity index (χ4v) is 7.01. The minimum atomic E-state index is -4.24. The van der Waals surface area contributed by atoms with Gasteiger partial charge in [-0.15, -0.1) is 11.3 Å². The smallest absolute Gasteiger partial charge is 0.260 e. The van der Waals surface area contributed by atoms with Crippen molar-refractivity contribution in [2.75, 3.05) is 6.54 Å². The van der Waals surface area contributed by atoms with Crippen molar-refractivity contribution in [1.82, 2.24) is 19.4 Å². The van der Waals surface area contributed by atoms with Crippen LogP contribution in [0.15, 0.2) is 65.1 Å². The SMILES string of the molecule is CC1(C)Oc2ccc(C(=O)NCCc3ccccc3)cc2[C@@H](NS(=O)(=O)c2c(Cl)nc3sccn23)[C@@H]1O. The number of nitrogens with one attached hydrogen (secondary N) is 2. The van der Waals surface area contributed by atoms with Gasteiger partial charge >= 0.3 is 0 Å². The quantitative estimate of drug-likeness (QED) is 0.318. The number of nitrogens with zero attached hydrogens (tertiary/aromatic N) is 2. The van der Waals surface area contributed by atoms with Crippen LogP contribution in [-0.2, 0) is 16.4 Å². The standard InChI is InChI=1S/C25H25ClN4O5S2/c1-25(2)20(31)19(29-37(33,34)23-21(26)28-24-30(23)12-13-36-24)17-14-16(8-9-18(17)35-25)22(32)27-11-10-15-6-4-3-5-7-15/h3-9,12-14,19-20,29,31H,10-11H2,1-2H3,(H,27,32)/t19-,20+/m1/s1. The van der Waals surface area contributed by atoms with Gasteiger partial charge in [-0.1, -0.05) is 41.9 Å². The molecule has 0 spiro atoms. The Hall–Kier alpha value is -2.96. The van der Waals surface area contributed by atoms with Crippen molar-refractivity contribution >= 4 is 43.8 Å². The third-order valence-corrected chi connectivity index (χ3v) is 8.86. The van der Waals surface area contributed by atoms with E-state index in [-0.39, 0.29) is 16.1 Å². The molecule has 0 radical (unpaired) electrons. The lowest BCUT2D eigenvalue weighted by Crippen LogP contribution is -2.53. The number of sulfonamides is 1. The van der Waals surface area contributed by atoms with Gasteiger partial charge in [0.05, 0.1) is 6.04 Å². The van der Waals surface area contributed by atoms with Crippen LogP contribution in [0.5, 0.6) is 5.75 Å². The molecule has 0 unspecified atom stereocenters. The average Bonchev–Trinajstić information content (AvgIpc) is 3.42. The molecule has 1 amide bonds. The number of thiazole rings is 1. The Labute approximate surface area is 223 Å². The van der Waals surface area contributed by atoms with Gasteiger partial charge in [-0.05, 0) is 44.0 Å². The molecule has 2 aromatic carbocycles. The molecule has 9 nitrogen and oxygen atoms in total. The van der Waals surface area contributed by atoms with Gasteiger partial charge < -0.3 is 15.2 Å². The summed E-state index contributed by atoms with van der Waals surface area (Å²) < 4.78 is 36.9. The van der Waals surface area contributed by atoms with Crippen LogP contribution in [0.2, 0.25) is 5.15 Å². The fourth-order valence-electron chi connectivity index (χ4n) is 4.34. The number of hydrogen-bond acceptors (Lipinski definition) is 7. The van der Waals surface area contributed by atoms with Crippen molar-refractivity contribution in [2.45, 2.75) is 43.0 Å². The molecule has 5 rings (SSSR count). The van der Waals surface area contributed by atoms with Crippen molar-refractivity contribution in [1.29, 1.82) is 0 Å². The zero-order valence-corrected chi connectivity index (χ0v) is 22.4. The number of halogens is 1. The van der Waals surface area contributed by atoms with E-state index >= 15 is 0 Å². The Bertz CT molecular complexity index is 1570. The molecule has 3 N–H and O–H groups in total. The van der Waals surface area contributed by atoms with Gasteiger partial charge in [0.15, 0.2) is 15.1 Å². The first-order valence-electron chi connectivity index (χ1n) is 11.5.